The molecule has 15 heavy (non-hydrogen) atoms. The number of benzene rings is 1. The minimum Gasteiger partial charge on any atom is -0.396 e. The van der Waals surface area contributed by atoms with E-state index >= 15 is 0 Å². The Bertz CT molecular complexity index is 439. The number of rotatable bonds is 3. The molecule has 0 fully saturated rings. The number of H-pyrrole nitrogens is 1. The zero-order valence-corrected chi connectivity index (χ0v) is 8.07. The van der Waals surface area contributed by atoms with Gasteiger partial charge in [0.1, 0.15) is 18.0 Å². The summed E-state index contributed by atoms with van der Waals surface area (Å²) in [4.78, 5) is 4.00. The van der Waals surface area contributed by atoms with Gasteiger partial charge >= 0.3 is 0 Å². The van der Waals surface area contributed by atoms with E-state index in [4.69, 9.17) is 5.73 Å². The van der Waals surface area contributed by atoms with Crippen LogP contribution in [0.2, 0.25) is 0 Å². The molecular weight excluding hydrogens is 195 g/mol. The van der Waals surface area contributed by atoms with Crippen molar-refractivity contribution in [1.82, 2.24) is 15.2 Å². The van der Waals surface area contributed by atoms with E-state index in [-0.39, 0.29) is 11.5 Å². The topological polar surface area (TPSA) is 67.6 Å². The van der Waals surface area contributed by atoms with Crippen LogP contribution >= 0.6 is 0 Å². The van der Waals surface area contributed by atoms with Gasteiger partial charge < -0.3 is 5.73 Å². The summed E-state index contributed by atoms with van der Waals surface area (Å²) in [6.07, 6.45) is 2.97. The van der Waals surface area contributed by atoms with Gasteiger partial charge in [-0.05, 0) is 24.1 Å². The normalized spacial score (nSPS) is 10.5. The maximum Gasteiger partial charge on any atom is 0.146 e. The van der Waals surface area contributed by atoms with Crippen molar-refractivity contribution >= 4 is 5.69 Å². The average Bonchev–Trinajstić information content (AvgIpc) is 2.73. The van der Waals surface area contributed by atoms with Gasteiger partial charge in [-0.1, -0.05) is 6.07 Å². The van der Waals surface area contributed by atoms with Crippen LogP contribution in [-0.2, 0) is 12.8 Å². The molecular formula is C10H11FN4. The molecule has 1 aromatic heterocycles. The lowest BCUT2D eigenvalue weighted by Crippen LogP contribution is -1.96. The smallest absolute Gasteiger partial charge is 0.146 e. The highest BCUT2D eigenvalue weighted by molar-refractivity contribution is 5.42. The van der Waals surface area contributed by atoms with Gasteiger partial charge in [0, 0.05) is 6.42 Å². The molecule has 0 saturated heterocycles. The quantitative estimate of drug-likeness (QED) is 0.744. The van der Waals surface area contributed by atoms with Crippen LogP contribution in [0.5, 0.6) is 0 Å². The fourth-order valence-corrected chi connectivity index (χ4v) is 1.36. The Hall–Kier alpha value is -1.91. The Balaban J connectivity index is 2.02. The molecule has 0 atom stereocenters. The molecule has 0 spiro atoms. The van der Waals surface area contributed by atoms with Gasteiger partial charge in [-0.3, -0.25) is 5.10 Å². The third kappa shape index (κ3) is 2.31. The number of nitrogens with zero attached hydrogens (tertiary/aromatic N) is 2. The molecule has 4 nitrogen and oxygen atoms in total. The zero-order chi connectivity index (χ0) is 10.7. The molecule has 0 unspecified atom stereocenters. The number of hydrogen-bond donors (Lipinski definition) is 2. The number of aromatic amines is 1. The van der Waals surface area contributed by atoms with Crippen LogP contribution in [0.15, 0.2) is 24.5 Å². The summed E-state index contributed by atoms with van der Waals surface area (Å²) in [6.45, 7) is 0. The van der Waals surface area contributed by atoms with E-state index in [0.29, 0.717) is 0 Å². The lowest BCUT2D eigenvalue weighted by atomic mass is 10.1. The van der Waals surface area contributed by atoms with E-state index in [0.717, 1.165) is 24.2 Å². The van der Waals surface area contributed by atoms with Gasteiger partial charge in [-0.2, -0.15) is 5.10 Å². The fourth-order valence-electron chi connectivity index (χ4n) is 1.36. The molecule has 2 rings (SSSR count). The van der Waals surface area contributed by atoms with E-state index < -0.39 is 0 Å². The maximum atomic E-state index is 12.9. The molecule has 0 saturated carbocycles. The molecule has 3 N–H and O–H groups in total. The average molecular weight is 206 g/mol. The lowest BCUT2D eigenvalue weighted by molar-refractivity contribution is 0.631. The van der Waals surface area contributed by atoms with Gasteiger partial charge in [-0.25, -0.2) is 9.37 Å². The summed E-state index contributed by atoms with van der Waals surface area (Å²) in [5, 5.41) is 6.51. The van der Waals surface area contributed by atoms with Crippen LogP contribution in [0, 0.1) is 5.82 Å². The van der Waals surface area contributed by atoms with Crippen molar-refractivity contribution in [3.8, 4) is 0 Å². The van der Waals surface area contributed by atoms with Crippen molar-refractivity contribution in [3.05, 3.63) is 41.7 Å². The summed E-state index contributed by atoms with van der Waals surface area (Å²) in [5.41, 5.74) is 6.64. The van der Waals surface area contributed by atoms with Crippen LogP contribution in [0.4, 0.5) is 10.1 Å². The Morgan fingerprint density at radius 2 is 2.20 bits per heavy atom. The maximum absolute atomic E-state index is 12.9. The predicted octanol–water partition coefficient (Wildman–Crippen LogP) is 1.31. The van der Waals surface area contributed by atoms with Crippen molar-refractivity contribution in [2.75, 3.05) is 5.73 Å². The number of aryl methyl sites for hydroxylation is 2. The molecule has 2 aromatic rings. The number of aromatic nitrogens is 3. The van der Waals surface area contributed by atoms with Gasteiger partial charge in [0.2, 0.25) is 0 Å². The summed E-state index contributed by atoms with van der Waals surface area (Å²) in [7, 11) is 0. The first-order valence-corrected chi connectivity index (χ1v) is 4.64. The zero-order valence-electron chi connectivity index (χ0n) is 8.07. The largest absolute Gasteiger partial charge is 0.396 e. The Kier molecular flexibility index (Phi) is 2.62. The minimum atomic E-state index is -0.376. The second-order valence-electron chi connectivity index (χ2n) is 3.29. The fraction of sp³-hybridized carbons (Fsp3) is 0.200. The molecule has 0 bridgehead atoms. The lowest BCUT2D eigenvalue weighted by Gasteiger charge is -2.01. The summed E-state index contributed by atoms with van der Waals surface area (Å²) < 4.78 is 12.9. The van der Waals surface area contributed by atoms with Crippen molar-refractivity contribution in [1.29, 1.82) is 0 Å². The number of anilines is 1. The predicted molar refractivity (Wildman–Crippen MR) is 54.6 cm³/mol. The van der Waals surface area contributed by atoms with Gasteiger partial charge in [0.15, 0.2) is 0 Å². The monoisotopic (exact) mass is 206 g/mol. The van der Waals surface area contributed by atoms with E-state index in [2.05, 4.69) is 15.2 Å². The molecule has 78 valence electrons. The first-order chi connectivity index (χ1) is 7.25. The van der Waals surface area contributed by atoms with Crippen molar-refractivity contribution in [2.45, 2.75) is 12.8 Å². The summed E-state index contributed by atoms with van der Waals surface area (Å²) in [6, 6.07) is 4.75. The van der Waals surface area contributed by atoms with Crippen LogP contribution < -0.4 is 5.73 Å². The minimum absolute atomic E-state index is 0.185. The van der Waals surface area contributed by atoms with Crippen LogP contribution in [0.3, 0.4) is 0 Å². The number of nitrogens with two attached hydrogens (primary N) is 1. The highest BCUT2D eigenvalue weighted by atomic mass is 19.1. The summed E-state index contributed by atoms with van der Waals surface area (Å²) >= 11 is 0. The molecule has 0 aliphatic carbocycles. The third-order valence-corrected chi connectivity index (χ3v) is 2.18. The first-order valence-electron chi connectivity index (χ1n) is 4.64. The van der Waals surface area contributed by atoms with E-state index in [1.165, 1.54) is 12.4 Å². The van der Waals surface area contributed by atoms with Crippen LogP contribution in [0.25, 0.3) is 0 Å². The number of halogens is 1. The van der Waals surface area contributed by atoms with Gasteiger partial charge in [-0.15, -0.1) is 0 Å². The molecule has 0 amide bonds. The highest BCUT2D eigenvalue weighted by Gasteiger charge is 2.01. The standard InChI is InChI=1S/C10H11FN4/c11-8-3-1-7(5-9(8)12)2-4-10-13-6-14-15-10/h1,3,5-6H,2,4,12H2,(H,13,14,15). The van der Waals surface area contributed by atoms with Crippen molar-refractivity contribution in [2.24, 2.45) is 0 Å². The van der Waals surface area contributed by atoms with Crippen molar-refractivity contribution in [3.63, 3.8) is 0 Å². The molecule has 0 radical (unpaired) electrons. The van der Waals surface area contributed by atoms with Gasteiger partial charge in [0.05, 0.1) is 5.69 Å². The van der Waals surface area contributed by atoms with E-state index in [9.17, 15) is 4.39 Å². The molecule has 0 aliphatic heterocycles. The molecule has 0 aliphatic rings. The number of nitrogen functional groups attached to an aromatic ring is 1. The van der Waals surface area contributed by atoms with Crippen LogP contribution in [-0.4, -0.2) is 15.2 Å². The first kappa shape index (κ1) is 9.64. The summed E-state index contributed by atoms with van der Waals surface area (Å²) in [5.74, 6) is 0.441. The number of nitrogens with one attached hydrogen (secondary N) is 1. The molecule has 1 heterocycles. The van der Waals surface area contributed by atoms with Crippen LogP contribution in [0.1, 0.15) is 11.4 Å². The van der Waals surface area contributed by atoms with E-state index in [1.54, 1.807) is 12.1 Å². The second-order valence-corrected chi connectivity index (χ2v) is 3.29. The van der Waals surface area contributed by atoms with Crippen molar-refractivity contribution < 1.29 is 4.39 Å². The number of hydrogen-bond acceptors (Lipinski definition) is 3. The Labute approximate surface area is 86.3 Å². The molecule has 1 aromatic carbocycles. The Morgan fingerprint density at radius 3 is 2.87 bits per heavy atom. The van der Waals surface area contributed by atoms with E-state index in [1.807, 2.05) is 0 Å². The molecule has 5 heteroatoms. The Morgan fingerprint density at radius 1 is 1.33 bits per heavy atom. The highest BCUT2D eigenvalue weighted by Crippen LogP contribution is 2.13. The third-order valence-electron chi connectivity index (χ3n) is 2.18. The second kappa shape index (κ2) is 4.08. The van der Waals surface area contributed by atoms with Gasteiger partial charge in [0.25, 0.3) is 0 Å². The SMILES string of the molecule is Nc1cc(CCc2ncn[nH]2)ccc1F.